The molecule has 0 radical (unpaired) electrons. The third kappa shape index (κ3) is 4.38. The van der Waals surface area contributed by atoms with E-state index in [0.29, 0.717) is 29.9 Å². The predicted octanol–water partition coefficient (Wildman–Crippen LogP) is 4.22. The van der Waals surface area contributed by atoms with Gasteiger partial charge in [-0.1, -0.05) is 12.1 Å². The van der Waals surface area contributed by atoms with Crippen LogP contribution in [-0.2, 0) is 4.74 Å². The van der Waals surface area contributed by atoms with Crippen LogP contribution in [0.25, 0.3) is 5.69 Å². The normalized spacial score (nSPS) is 22.5. The second kappa shape index (κ2) is 9.12. The van der Waals surface area contributed by atoms with Crippen LogP contribution in [0, 0.1) is 11.7 Å². The summed E-state index contributed by atoms with van der Waals surface area (Å²) in [5.41, 5.74) is -0.0377. The number of benzene rings is 1. The number of amides is 1. The van der Waals surface area contributed by atoms with Crippen LogP contribution in [0.2, 0.25) is 0 Å². The number of carbonyl (C=O) groups is 1. The second-order valence-corrected chi connectivity index (χ2v) is 8.11. The number of hydrogen-bond acceptors (Lipinski definition) is 6. The van der Waals surface area contributed by atoms with Crippen molar-refractivity contribution in [3.63, 3.8) is 0 Å². The van der Waals surface area contributed by atoms with Crippen LogP contribution in [-0.4, -0.2) is 44.5 Å². The molecule has 1 spiro atoms. The Morgan fingerprint density at radius 2 is 1.88 bits per heavy atom. The zero-order chi connectivity index (χ0) is 21.3. The molecule has 1 amide bonds. The Bertz CT molecular complexity index is 1070. The van der Waals surface area contributed by atoms with E-state index in [-0.39, 0.29) is 24.3 Å². The summed E-state index contributed by atoms with van der Waals surface area (Å²) < 4.78 is 21.2. The van der Waals surface area contributed by atoms with Gasteiger partial charge < -0.3 is 10.1 Å². The van der Waals surface area contributed by atoms with E-state index in [2.05, 4.69) is 20.4 Å². The van der Waals surface area contributed by atoms with Gasteiger partial charge in [-0.05, 0) is 49.8 Å². The molecule has 10 heteroatoms. The molecule has 8 nitrogen and oxygen atoms in total. The van der Waals surface area contributed by atoms with Crippen molar-refractivity contribution in [1.29, 1.82) is 0 Å². The van der Waals surface area contributed by atoms with Crippen LogP contribution in [0.1, 0.15) is 25.7 Å². The van der Waals surface area contributed by atoms with Crippen LogP contribution in [0.3, 0.4) is 0 Å². The van der Waals surface area contributed by atoms with Gasteiger partial charge in [0.25, 0.3) is 0 Å². The minimum Gasteiger partial charge on any atom is -0.441 e. The maximum absolute atomic E-state index is 13.9. The van der Waals surface area contributed by atoms with Gasteiger partial charge >= 0.3 is 6.09 Å². The van der Waals surface area contributed by atoms with Crippen molar-refractivity contribution in [3.05, 3.63) is 60.8 Å². The fourth-order valence-corrected chi connectivity index (χ4v) is 4.32. The maximum Gasteiger partial charge on any atom is 0.417 e. The number of aromatic nitrogens is 4. The number of anilines is 2. The Morgan fingerprint density at radius 3 is 2.62 bits per heavy atom. The van der Waals surface area contributed by atoms with Crippen molar-refractivity contribution in [2.75, 3.05) is 23.3 Å². The third-order valence-corrected chi connectivity index (χ3v) is 6.04. The van der Waals surface area contributed by atoms with Crippen LogP contribution in [0.4, 0.5) is 21.0 Å². The van der Waals surface area contributed by atoms with E-state index in [9.17, 15) is 9.18 Å². The van der Waals surface area contributed by atoms with Gasteiger partial charge in [0.1, 0.15) is 22.9 Å². The quantitative estimate of drug-likeness (QED) is 0.616. The minimum atomic E-state index is -0.459. The Hall–Kier alpha value is -3.20. The summed E-state index contributed by atoms with van der Waals surface area (Å²) in [5.74, 6) is 1.24. The van der Waals surface area contributed by atoms with E-state index in [4.69, 9.17) is 4.74 Å². The first-order valence-electron chi connectivity index (χ1n) is 10.4. The molecule has 1 N–H and O–H groups in total. The lowest BCUT2D eigenvalue weighted by molar-refractivity contribution is 0.0148. The summed E-state index contributed by atoms with van der Waals surface area (Å²) in [4.78, 5) is 22.2. The smallest absolute Gasteiger partial charge is 0.417 e. The van der Waals surface area contributed by atoms with E-state index < -0.39 is 5.60 Å². The molecule has 32 heavy (non-hydrogen) atoms. The molecule has 1 saturated heterocycles. The number of nitrogens with one attached hydrogen (secondary N) is 1. The number of ether oxygens (including phenoxy) is 1. The molecule has 1 aliphatic carbocycles. The first-order chi connectivity index (χ1) is 15.1. The lowest BCUT2D eigenvalue weighted by Crippen LogP contribution is -2.40. The minimum absolute atomic E-state index is 0. The molecular formula is C22H24ClFN6O2. The van der Waals surface area contributed by atoms with Crippen LogP contribution < -0.4 is 10.2 Å². The Morgan fingerprint density at radius 1 is 1.12 bits per heavy atom. The number of para-hydroxylation sites is 1. The van der Waals surface area contributed by atoms with Gasteiger partial charge in [0, 0.05) is 31.2 Å². The third-order valence-electron chi connectivity index (χ3n) is 6.04. The average molecular weight is 459 g/mol. The molecule has 5 rings (SSSR count). The molecule has 1 aliphatic heterocycles. The highest BCUT2D eigenvalue weighted by Crippen LogP contribution is 2.40. The van der Waals surface area contributed by atoms with Crippen LogP contribution >= 0.6 is 12.4 Å². The van der Waals surface area contributed by atoms with Gasteiger partial charge in [0.05, 0.1) is 6.54 Å². The summed E-state index contributed by atoms with van der Waals surface area (Å²) in [5, 5.41) is 7.78. The van der Waals surface area contributed by atoms with Crippen molar-refractivity contribution in [2.24, 2.45) is 5.92 Å². The summed E-state index contributed by atoms with van der Waals surface area (Å²) in [6, 6.07) is 10.1. The average Bonchev–Trinajstić information content (AvgIpc) is 3.39. The zero-order valence-electron chi connectivity index (χ0n) is 17.4. The molecule has 0 atom stereocenters. The summed E-state index contributed by atoms with van der Waals surface area (Å²) in [6.45, 7) is 1.26. The lowest BCUT2D eigenvalue weighted by Gasteiger charge is -2.35. The van der Waals surface area contributed by atoms with Crippen molar-refractivity contribution in [3.8, 4) is 5.69 Å². The number of halogens is 2. The number of hydrogen-bond donors (Lipinski definition) is 1. The van der Waals surface area contributed by atoms with Crippen molar-refractivity contribution >= 4 is 30.3 Å². The highest BCUT2D eigenvalue weighted by Gasteiger charge is 2.48. The van der Waals surface area contributed by atoms with E-state index >= 15 is 0 Å². The molecule has 0 unspecified atom stereocenters. The van der Waals surface area contributed by atoms with Gasteiger partial charge in [-0.15, -0.1) is 12.4 Å². The Labute approximate surface area is 191 Å². The van der Waals surface area contributed by atoms with Crippen molar-refractivity contribution in [2.45, 2.75) is 31.3 Å². The zero-order valence-corrected chi connectivity index (χ0v) is 18.2. The van der Waals surface area contributed by atoms with Crippen LogP contribution in [0.15, 0.2) is 55.0 Å². The molecule has 2 aliphatic rings. The Kier molecular flexibility index (Phi) is 6.27. The largest absolute Gasteiger partial charge is 0.441 e. The van der Waals surface area contributed by atoms with E-state index in [0.717, 1.165) is 32.2 Å². The van der Waals surface area contributed by atoms with Crippen molar-refractivity contribution < 1.29 is 13.9 Å². The van der Waals surface area contributed by atoms with Gasteiger partial charge in [-0.2, -0.15) is 5.10 Å². The fourth-order valence-electron chi connectivity index (χ4n) is 4.32. The number of rotatable bonds is 5. The maximum atomic E-state index is 13.9. The summed E-state index contributed by atoms with van der Waals surface area (Å²) in [6.07, 6.45) is 8.11. The van der Waals surface area contributed by atoms with Gasteiger partial charge in [0.15, 0.2) is 0 Å². The number of nitrogens with zero attached hydrogens (tertiary/aromatic N) is 5. The fraction of sp³-hybridized carbons (Fsp3) is 0.364. The van der Waals surface area contributed by atoms with E-state index in [1.807, 2.05) is 6.07 Å². The van der Waals surface area contributed by atoms with Gasteiger partial charge in [-0.3, -0.25) is 0 Å². The highest BCUT2D eigenvalue weighted by molar-refractivity contribution is 5.88. The lowest BCUT2D eigenvalue weighted by atomic mass is 9.78. The van der Waals surface area contributed by atoms with Gasteiger partial charge in [-0.25, -0.2) is 28.7 Å². The molecule has 168 valence electrons. The van der Waals surface area contributed by atoms with Crippen LogP contribution in [0.5, 0.6) is 0 Å². The van der Waals surface area contributed by atoms with E-state index in [1.54, 1.807) is 42.9 Å². The molecular weight excluding hydrogens is 435 g/mol. The molecule has 2 fully saturated rings. The second-order valence-electron chi connectivity index (χ2n) is 8.11. The topological polar surface area (TPSA) is 85.2 Å². The number of carbonyl (C=O) groups excluding carboxylic acids is 1. The molecule has 3 heterocycles. The molecule has 0 bridgehead atoms. The summed E-state index contributed by atoms with van der Waals surface area (Å²) >= 11 is 0. The Balaban J connectivity index is 0.00000245. The monoisotopic (exact) mass is 458 g/mol. The molecule has 2 aromatic heterocycles. The van der Waals surface area contributed by atoms with Crippen molar-refractivity contribution in [1.82, 2.24) is 19.7 Å². The first kappa shape index (κ1) is 22.0. The first-order valence-corrected chi connectivity index (χ1v) is 10.4. The summed E-state index contributed by atoms with van der Waals surface area (Å²) in [7, 11) is 0. The predicted molar refractivity (Wildman–Crippen MR) is 120 cm³/mol. The molecule has 3 aromatic rings. The van der Waals surface area contributed by atoms with Gasteiger partial charge in [0.2, 0.25) is 5.95 Å². The molecule has 1 saturated carbocycles. The van der Waals surface area contributed by atoms with E-state index in [1.165, 1.54) is 15.6 Å². The standard InChI is InChI=1S/C22H23FN6O2.ClH/c23-17-4-1-2-5-18(17)29-13-8-19(27-29)26-14-16-6-9-22(10-7-16)15-28(21(30)31-22)20-24-11-3-12-25-20;/h1-5,8,11-13,16H,6-7,9-10,14-15H2,(H,26,27);1H/t16-,22-;. The SMILES string of the molecule is Cl.O=C1O[C@]2(CC[C@H](CNc3ccn(-c4ccccc4F)n3)CC2)CN1c1ncccn1. The highest BCUT2D eigenvalue weighted by atomic mass is 35.5. The molecule has 1 aromatic carbocycles.